The maximum atomic E-state index is 10.9. The maximum Gasteiger partial charge on any atom is 0.332 e. The number of urea groups is 1. The number of nitrogens with zero attached hydrogens (tertiary/aromatic N) is 2. The third-order valence-electron chi connectivity index (χ3n) is 5.20. The van der Waals surface area contributed by atoms with Gasteiger partial charge in [-0.05, 0) is 56.3 Å². The van der Waals surface area contributed by atoms with E-state index in [9.17, 15) is 4.79 Å². The molecule has 4 fully saturated rings. The Balaban J connectivity index is 1.87. The van der Waals surface area contributed by atoms with Crippen LogP contribution >= 0.6 is 0 Å². The molecule has 0 aromatic rings. The van der Waals surface area contributed by atoms with E-state index in [2.05, 4.69) is 16.6 Å². The normalized spacial score (nSPS) is 39.9. The van der Waals surface area contributed by atoms with Crippen LogP contribution < -0.4 is 11.2 Å². The molecular formula is C14H20N4O. The van der Waals surface area contributed by atoms with Gasteiger partial charge in [-0.25, -0.2) is 10.2 Å². The summed E-state index contributed by atoms with van der Waals surface area (Å²) in [6.45, 7) is 0. The van der Waals surface area contributed by atoms with Crippen molar-refractivity contribution in [3.05, 3.63) is 0 Å². The molecule has 0 saturated heterocycles. The predicted molar refractivity (Wildman–Crippen MR) is 71.0 cm³/mol. The average Bonchev–Trinajstić information content (AvgIpc) is 2.32. The molecule has 0 aromatic carbocycles. The molecule has 4 rings (SSSR count). The lowest BCUT2D eigenvalue weighted by molar-refractivity contribution is -0.0132. The van der Waals surface area contributed by atoms with Crippen molar-refractivity contribution in [3.8, 4) is 6.07 Å². The van der Waals surface area contributed by atoms with Crippen molar-refractivity contribution < 1.29 is 4.79 Å². The molecule has 4 saturated carbocycles. The quantitative estimate of drug-likeness (QED) is 0.601. The van der Waals surface area contributed by atoms with E-state index in [1.807, 2.05) is 0 Å². The van der Waals surface area contributed by atoms with Gasteiger partial charge in [0.05, 0.1) is 18.2 Å². The van der Waals surface area contributed by atoms with Crippen LogP contribution in [0, 0.1) is 34.5 Å². The van der Waals surface area contributed by atoms with Crippen LogP contribution in [0.25, 0.3) is 0 Å². The van der Waals surface area contributed by atoms with Gasteiger partial charge in [-0.1, -0.05) is 0 Å². The monoisotopic (exact) mass is 260 g/mol. The van der Waals surface area contributed by atoms with Gasteiger partial charge in [-0.2, -0.15) is 10.4 Å². The van der Waals surface area contributed by atoms with Crippen LogP contribution in [0.15, 0.2) is 5.10 Å². The zero-order chi connectivity index (χ0) is 13.5. The Labute approximate surface area is 113 Å². The predicted octanol–water partition coefficient (Wildman–Crippen LogP) is 2.14. The first-order valence-electron chi connectivity index (χ1n) is 7.11. The molecule has 4 aliphatic carbocycles. The number of hydrogen-bond donors (Lipinski definition) is 2. The number of rotatable bonds is 3. The van der Waals surface area contributed by atoms with E-state index in [1.54, 1.807) is 0 Å². The molecule has 3 N–H and O–H groups in total. The van der Waals surface area contributed by atoms with Gasteiger partial charge in [0, 0.05) is 5.41 Å². The number of primary amides is 1. The highest BCUT2D eigenvalue weighted by atomic mass is 16.2. The van der Waals surface area contributed by atoms with Crippen molar-refractivity contribution in [1.29, 1.82) is 5.26 Å². The van der Waals surface area contributed by atoms with E-state index in [-0.39, 0.29) is 5.41 Å². The fourth-order valence-electron chi connectivity index (χ4n) is 5.01. The first-order chi connectivity index (χ1) is 9.11. The highest BCUT2D eigenvalue weighted by Gasteiger charge is 2.53. The van der Waals surface area contributed by atoms with E-state index in [1.165, 1.54) is 19.3 Å². The van der Waals surface area contributed by atoms with Crippen molar-refractivity contribution >= 4 is 11.7 Å². The minimum absolute atomic E-state index is 0.0624. The summed E-state index contributed by atoms with van der Waals surface area (Å²) in [6.07, 6.45) is 7.76. The molecule has 0 radical (unpaired) electrons. The summed E-state index contributed by atoms with van der Waals surface area (Å²) in [6, 6.07) is 1.54. The lowest BCUT2D eigenvalue weighted by atomic mass is 9.48. The van der Waals surface area contributed by atoms with Crippen molar-refractivity contribution in [3.63, 3.8) is 0 Å². The Kier molecular flexibility index (Phi) is 2.96. The number of carbonyl (C=O) groups is 1. The van der Waals surface area contributed by atoms with E-state index in [0.717, 1.165) is 42.7 Å². The Morgan fingerprint density at radius 2 is 1.79 bits per heavy atom. The Morgan fingerprint density at radius 1 is 1.26 bits per heavy atom. The lowest BCUT2D eigenvalue weighted by Crippen LogP contribution is -2.50. The zero-order valence-electron chi connectivity index (χ0n) is 11.1. The van der Waals surface area contributed by atoms with Gasteiger partial charge in [0.25, 0.3) is 0 Å². The summed E-state index contributed by atoms with van der Waals surface area (Å²) in [4.78, 5) is 10.9. The van der Waals surface area contributed by atoms with Crippen LogP contribution in [0.5, 0.6) is 0 Å². The molecule has 102 valence electrons. The Bertz CT molecular complexity index is 427. The third-order valence-corrected chi connectivity index (χ3v) is 5.20. The second kappa shape index (κ2) is 4.52. The summed E-state index contributed by atoms with van der Waals surface area (Å²) in [5.41, 5.74) is 8.34. The van der Waals surface area contributed by atoms with Crippen LogP contribution in [0.2, 0.25) is 0 Å². The second-order valence-corrected chi connectivity index (χ2v) is 6.57. The molecule has 5 nitrogen and oxygen atoms in total. The van der Waals surface area contributed by atoms with Gasteiger partial charge in [-0.3, -0.25) is 0 Å². The van der Waals surface area contributed by atoms with Crippen LogP contribution in [0.4, 0.5) is 4.79 Å². The third kappa shape index (κ3) is 2.20. The first kappa shape index (κ1) is 12.5. The fourth-order valence-corrected chi connectivity index (χ4v) is 5.01. The molecule has 0 aliphatic heterocycles. The molecule has 0 heterocycles. The molecule has 0 atom stereocenters. The maximum absolute atomic E-state index is 10.9. The highest BCUT2D eigenvalue weighted by molar-refractivity contribution is 5.93. The number of hydrazone groups is 1. The molecule has 0 unspecified atom stereocenters. The van der Waals surface area contributed by atoms with Crippen molar-refractivity contribution in [1.82, 2.24) is 5.43 Å². The first-order valence-corrected chi connectivity index (χ1v) is 7.11. The smallest absolute Gasteiger partial charge is 0.332 e. The fraction of sp³-hybridized carbons (Fsp3) is 0.786. The molecule has 4 bridgehead atoms. The van der Waals surface area contributed by atoms with Crippen LogP contribution in [0.3, 0.4) is 0 Å². The highest BCUT2D eigenvalue weighted by Crippen LogP contribution is 2.60. The molecule has 0 spiro atoms. The summed E-state index contributed by atoms with van der Waals surface area (Å²) in [5, 5.41) is 13.2. The van der Waals surface area contributed by atoms with E-state index < -0.39 is 6.03 Å². The summed E-state index contributed by atoms with van der Waals surface area (Å²) in [5.74, 6) is 2.39. The summed E-state index contributed by atoms with van der Waals surface area (Å²) >= 11 is 0. The Hall–Kier alpha value is -1.57. The van der Waals surface area contributed by atoms with Gasteiger partial charge in [0.1, 0.15) is 0 Å². The molecule has 2 amide bonds. The molecule has 0 aromatic heterocycles. The second-order valence-electron chi connectivity index (χ2n) is 6.57. The van der Waals surface area contributed by atoms with Crippen LogP contribution in [-0.2, 0) is 0 Å². The van der Waals surface area contributed by atoms with E-state index in [4.69, 9.17) is 11.0 Å². The summed E-state index contributed by atoms with van der Waals surface area (Å²) < 4.78 is 0. The van der Waals surface area contributed by atoms with Gasteiger partial charge in [0.15, 0.2) is 0 Å². The van der Waals surface area contributed by atoms with Crippen LogP contribution in [-0.4, -0.2) is 11.7 Å². The van der Waals surface area contributed by atoms with E-state index in [0.29, 0.717) is 6.42 Å². The van der Waals surface area contributed by atoms with Gasteiger partial charge in [-0.15, -0.1) is 0 Å². The number of nitriles is 1. The molecule has 5 heteroatoms. The van der Waals surface area contributed by atoms with Crippen LogP contribution in [0.1, 0.15) is 44.9 Å². The SMILES string of the molecule is N#CC/C(=N\NC(N)=O)C12CC3CC(CC(C3)C1)C2. The van der Waals surface area contributed by atoms with Gasteiger partial charge < -0.3 is 5.73 Å². The number of nitrogens with one attached hydrogen (secondary N) is 1. The standard InChI is InChI=1S/C14H20N4O/c15-2-1-12(17-18-13(16)19)14-6-9-3-10(7-14)5-11(4-9)8-14/h9-11H,1,3-8H2,(H3,16,18,19)/b17-12+. The van der Waals surface area contributed by atoms with Gasteiger partial charge in [0.2, 0.25) is 0 Å². The molecule has 4 aliphatic rings. The largest absolute Gasteiger partial charge is 0.350 e. The molecule has 19 heavy (non-hydrogen) atoms. The summed E-state index contributed by atoms with van der Waals surface area (Å²) in [7, 11) is 0. The van der Waals surface area contributed by atoms with Crippen molar-refractivity contribution in [2.24, 2.45) is 34.0 Å². The van der Waals surface area contributed by atoms with Gasteiger partial charge >= 0.3 is 6.03 Å². The minimum Gasteiger partial charge on any atom is -0.350 e. The number of carbonyl (C=O) groups excluding carboxylic acids is 1. The Morgan fingerprint density at radius 3 is 2.21 bits per heavy atom. The minimum atomic E-state index is -0.653. The van der Waals surface area contributed by atoms with Crippen molar-refractivity contribution in [2.75, 3.05) is 0 Å². The number of nitrogens with two attached hydrogens (primary N) is 1. The topological polar surface area (TPSA) is 91.3 Å². The zero-order valence-corrected chi connectivity index (χ0v) is 11.1. The average molecular weight is 260 g/mol. The van der Waals surface area contributed by atoms with Crippen molar-refractivity contribution in [2.45, 2.75) is 44.9 Å². The molecular weight excluding hydrogens is 240 g/mol. The number of hydrogen-bond acceptors (Lipinski definition) is 3. The number of amides is 2. The lowest BCUT2D eigenvalue weighted by Gasteiger charge is -2.56. The van der Waals surface area contributed by atoms with E-state index >= 15 is 0 Å².